The first-order valence-electron chi connectivity index (χ1n) is 6.44. The lowest BCUT2D eigenvalue weighted by Crippen LogP contribution is -2.39. The van der Waals surface area contributed by atoms with E-state index in [0.717, 1.165) is 19.4 Å². The molecule has 0 radical (unpaired) electrons. The first-order chi connectivity index (χ1) is 9.61. The van der Waals surface area contributed by atoms with Crippen LogP contribution in [-0.2, 0) is 11.3 Å². The average Bonchev–Trinajstić information content (AvgIpc) is 2.98. The summed E-state index contributed by atoms with van der Waals surface area (Å²) in [5.74, 6) is 0.142. The second-order valence-corrected chi connectivity index (χ2v) is 4.63. The molecule has 1 aromatic rings. The van der Waals surface area contributed by atoms with E-state index in [1.807, 2.05) is 0 Å². The van der Waals surface area contributed by atoms with Gasteiger partial charge in [-0.25, -0.2) is 0 Å². The van der Waals surface area contributed by atoms with Gasteiger partial charge in [-0.3, -0.25) is 14.9 Å². The molecule has 1 fully saturated rings. The highest BCUT2D eigenvalue weighted by molar-refractivity contribution is 5.82. The molecule has 20 heavy (non-hydrogen) atoms. The van der Waals surface area contributed by atoms with Crippen LogP contribution in [0.5, 0.6) is 5.75 Å². The molecular formula is C13H17N3O4. The van der Waals surface area contributed by atoms with E-state index in [-0.39, 0.29) is 29.9 Å². The number of nitrogens with zero attached hydrogens (tertiary/aromatic N) is 1. The van der Waals surface area contributed by atoms with E-state index in [1.54, 1.807) is 6.07 Å². The molecule has 0 bridgehead atoms. The predicted molar refractivity (Wildman–Crippen MR) is 72.5 cm³/mol. The second-order valence-electron chi connectivity index (χ2n) is 4.63. The van der Waals surface area contributed by atoms with Gasteiger partial charge in [-0.2, -0.15) is 0 Å². The first kappa shape index (κ1) is 14.3. The fourth-order valence-corrected chi connectivity index (χ4v) is 2.21. The maximum Gasteiger partial charge on any atom is 0.311 e. The summed E-state index contributed by atoms with van der Waals surface area (Å²) in [4.78, 5) is 22.2. The van der Waals surface area contributed by atoms with Crippen molar-refractivity contribution >= 4 is 11.6 Å². The summed E-state index contributed by atoms with van der Waals surface area (Å²) in [6.07, 6.45) is 1.82. The van der Waals surface area contributed by atoms with Crippen LogP contribution in [0.15, 0.2) is 18.2 Å². The number of rotatable bonds is 5. The van der Waals surface area contributed by atoms with Gasteiger partial charge >= 0.3 is 5.69 Å². The molecule has 0 aliphatic carbocycles. The highest BCUT2D eigenvalue weighted by atomic mass is 16.6. The molecule has 0 spiro atoms. The maximum atomic E-state index is 11.8. The van der Waals surface area contributed by atoms with Gasteiger partial charge in [-0.15, -0.1) is 0 Å². The fourth-order valence-electron chi connectivity index (χ4n) is 2.21. The lowest BCUT2D eigenvalue weighted by Gasteiger charge is -2.11. The number of hydrogen-bond acceptors (Lipinski definition) is 5. The Morgan fingerprint density at radius 3 is 3.00 bits per heavy atom. The average molecular weight is 279 g/mol. The van der Waals surface area contributed by atoms with Crippen LogP contribution >= 0.6 is 0 Å². The summed E-state index contributed by atoms with van der Waals surface area (Å²) in [5, 5.41) is 16.8. The molecule has 108 valence electrons. The summed E-state index contributed by atoms with van der Waals surface area (Å²) in [6, 6.07) is 4.51. The molecule has 0 aromatic heterocycles. The van der Waals surface area contributed by atoms with Crippen molar-refractivity contribution in [2.24, 2.45) is 0 Å². The smallest absolute Gasteiger partial charge is 0.311 e. The number of amides is 1. The second kappa shape index (κ2) is 6.33. The van der Waals surface area contributed by atoms with Crippen LogP contribution in [0.4, 0.5) is 5.69 Å². The van der Waals surface area contributed by atoms with E-state index < -0.39 is 4.92 Å². The monoisotopic (exact) mass is 279 g/mol. The Morgan fingerprint density at radius 2 is 2.40 bits per heavy atom. The molecule has 1 saturated heterocycles. The van der Waals surface area contributed by atoms with Crippen LogP contribution in [0.3, 0.4) is 0 Å². The predicted octanol–water partition coefficient (Wildman–Crippen LogP) is 0.972. The van der Waals surface area contributed by atoms with E-state index in [4.69, 9.17) is 4.74 Å². The van der Waals surface area contributed by atoms with Crippen LogP contribution in [0.25, 0.3) is 0 Å². The third-order valence-corrected chi connectivity index (χ3v) is 3.28. The van der Waals surface area contributed by atoms with Crippen molar-refractivity contribution in [2.45, 2.75) is 25.4 Å². The summed E-state index contributed by atoms with van der Waals surface area (Å²) in [7, 11) is 1.38. The normalized spacial score (nSPS) is 17.8. The molecule has 7 heteroatoms. The van der Waals surface area contributed by atoms with Crippen molar-refractivity contribution in [3.8, 4) is 5.75 Å². The zero-order chi connectivity index (χ0) is 14.5. The van der Waals surface area contributed by atoms with E-state index >= 15 is 0 Å². The number of hydrogen-bond donors (Lipinski definition) is 2. The van der Waals surface area contributed by atoms with Crippen molar-refractivity contribution < 1.29 is 14.5 Å². The topological polar surface area (TPSA) is 93.5 Å². The van der Waals surface area contributed by atoms with Gasteiger partial charge in [-0.05, 0) is 31.0 Å². The highest BCUT2D eigenvalue weighted by Crippen LogP contribution is 2.27. The lowest BCUT2D eigenvalue weighted by molar-refractivity contribution is -0.385. The molecule has 1 aliphatic heterocycles. The molecule has 1 aromatic carbocycles. The maximum absolute atomic E-state index is 11.8. The van der Waals surface area contributed by atoms with Crippen molar-refractivity contribution in [1.82, 2.24) is 10.6 Å². The number of methoxy groups -OCH3 is 1. The largest absolute Gasteiger partial charge is 0.490 e. The first-order valence-corrected chi connectivity index (χ1v) is 6.44. The number of carbonyl (C=O) groups excluding carboxylic acids is 1. The number of carbonyl (C=O) groups is 1. The minimum absolute atomic E-state index is 0.0685. The number of nitrogens with one attached hydrogen (secondary N) is 2. The van der Waals surface area contributed by atoms with Crippen LogP contribution in [-0.4, -0.2) is 30.5 Å². The van der Waals surface area contributed by atoms with Gasteiger partial charge in [0, 0.05) is 12.6 Å². The molecule has 1 amide bonds. The summed E-state index contributed by atoms with van der Waals surface area (Å²) < 4.78 is 4.93. The van der Waals surface area contributed by atoms with Crippen molar-refractivity contribution in [3.63, 3.8) is 0 Å². The molecule has 0 saturated carbocycles. The SMILES string of the molecule is COc1ccc(CNC(=O)C2CCCN2)cc1[N+](=O)[O-]. The van der Waals surface area contributed by atoms with Crippen LogP contribution in [0, 0.1) is 10.1 Å². The number of nitro groups is 1. The van der Waals surface area contributed by atoms with Gasteiger partial charge in [0.25, 0.3) is 0 Å². The van der Waals surface area contributed by atoms with Gasteiger partial charge in [0.05, 0.1) is 18.1 Å². The molecule has 1 unspecified atom stereocenters. The molecule has 1 aliphatic rings. The van der Waals surface area contributed by atoms with Gasteiger partial charge < -0.3 is 15.4 Å². The highest BCUT2D eigenvalue weighted by Gasteiger charge is 2.22. The van der Waals surface area contributed by atoms with Gasteiger partial charge in [0.15, 0.2) is 5.75 Å². The zero-order valence-electron chi connectivity index (χ0n) is 11.2. The van der Waals surface area contributed by atoms with E-state index in [2.05, 4.69) is 10.6 Å². The number of nitro benzene ring substituents is 1. The molecule has 2 rings (SSSR count). The zero-order valence-corrected chi connectivity index (χ0v) is 11.2. The van der Waals surface area contributed by atoms with Gasteiger partial charge in [0.1, 0.15) is 0 Å². The third kappa shape index (κ3) is 3.24. The Kier molecular flexibility index (Phi) is 4.52. The van der Waals surface area contributed by atoms with Crippen LogP contribution in [0.1, 0.15) is 18.4 Å². The van der Waals surface area contributed by atoms with Crippen LogP contribution < -0.4 is 15.4 Å². The Hall–Kier alpha value is -2.15. The van der Waals surface area contributed by atoms with Crippen LogP contribution in [0.2, 0.25) is 0 Å². The summed E-state index contributed by atoms with van der Waals surface area (Å²) in [5.41, 5.74) is 0.571. The Bertz CT molecular complexity index is 512. The minimum Gasteiger partial charge on any atom is -0.490 e. The Morgan fingerprint density at radius 1 is 1.60 bits per heavy atom. The van der Waals surface area contributed by atoms with Gasteiger partial charge in [-0.1, -0.05) is 6.07 Å². The molecule has 7 nitrogen and oxygen atoms in total. The standard InChI is InChI=1S/C13H17N3O4/c1-20-12-5-4-9(7-11(12)16(18)19)8-15-13(17)10-3-2-6-14-10/h4-5,7,10,14H,2-3,6,8H2,1H3,(H,15,17). The van der Waals surface area contributed by atoms with Crippen molar-refractivity contribution in [3.05, 3.63) is 33.9 Å². The molecule has 1 heterocycles. The number of benzene rings is 1. The fraction of sp³-hybridized carbons (Fsp3) is 0.462. The van der Waals surface area contributed by atoms with E-state index in [9.17, 15) is 14.9 Å². The van der Waals surface area contributed by atoms with Crippen molar-refractivity contribution in [1.29, 1.82) is 0 Å². The summed E-state index contributed by atoms with van der Waals surface area (Å²) in [6.45, 7) is 1.12. The molecule has 2 N–H and O–H groups in total. The van der Waals surface area contributed by atoms with Gasteiger partial charge in [0.2, 0.25) is 5.91 Å². The number of ether oxygens (including phenoxy) is 1. The van der Waals surface area contributed by atoms with E-state index in [1.165, 1.54) is 19.2 Å². The Labute approximate surface area is 116 Å². The lowest BCUT2D eigenvalue weighted by atomic mass is 10.1. The third-order valence-electron chi connectivity index (χ3n) is 3.28. The Balaban J connectivity index is 2.00. The van der Waals surface area contributed by atoms with Crippen molar-refractivity contribution in [2.75, 3.05) is 13.7 Å². The summed E-state index contributed by atoms with van der Waals surface area (Å²) >= 11 is 0. The van der Waals surface area contributed by atoms with E-state index in [0.29, 0.717) is 5.56 Å². The minimum atomic E-state index is -0.497. The quantitative estimate of drug-likeness (QED) is 0.619. The molecular weight excluding hydrogens is 262 g/mol. The molecule has 1 atom stereocenters.